The van der Waals surface area contributed by atoms with Gasteiger partial charge in [0.2, 0.25) is 5.76 Å². The number of carboxylic acids is 1. The molecule has 0 aliphatic carbocycles. The Labute approximate surface area is 112 Å². The minimum Gasteiger partial charge on any atom is -0.475 e. The van der Waals surface area contributed by atoms with Crippen molar-refractivity contribution in [2.45, 2.75) is 6.18 Å². The Morgan fingerprint density at radius 2 is 1.63 bits per heavy atom. The molecule has 2 rings (SSSR count). The maximum Gasteiger partial charge on any atom is 0.416 e. The maximum atomic E-state index is 12.3. The summed E-state index contributed by atoms with van der Waals surface area (Å²) in [6.45, 7) is 0. The van der Waals surface area contributed by atoms with E-state index < -0.39 is 17.7 Å². The lowest BCUT2D eigenvalue weighted by Crippen LogP contribution is -2.03. The van der Waals surface area contributed by atoms with Gasteiger partial charge in [0.25, 0.3) is 0 Å². The highest BCUT2D eigenvalue weighted by Crippen LogP contribution is 2.31. The van der Waals surface area contributed by atoms with Crippen LogP contribution in [-0.4, -0.2) is 11.1 Å². The van der Waals surface area contributed by atoms with Crippen LogP contribution in [0.5, 0.6) is 0 Å². The first kappa shape index (κ1) is 15.1. The summed E-state index contributed by atoms with van der Waals surface area (Å²) in [5, 5.41) is 8.65. The van der Waals surface area contributed by atoms with E-state index in [1.165, 1.54) is 24.3 Å². The fourth-order valence-corrected chi connectivity index (χ4v) is 1.43. The maximum absolute atomic E-state index is 12.3. The molecule has 19 heavy (non-hydrogen) atoms. The summed E-state index contributed by atoms with van der Waals surface area (Å²) in [4.78, 5) is 10.6. The van der Waals surface area contributed by atoms with Crippen LogP contribution < -0.4 is 0 Å². The van der Waals surface area contributed by atoms with Gasteiger partial charge in [-0.25, -0.2) is 4.79 Å². The van der Waals surface area contributed by atoms with Gasteiger partial charge < -0.3 is 9.52 Å². The first-order chi connectivity index (χ1) is 8.38. The molecule has 0 bridgehead atoms. The molecule has 0 aliphatic rings. The van der Waals surface area contributed by atoms with E-state index in [9.17, 15) is 18.0 Å². The molecule has 1 N–H and O–H groups in total. The number of rotatable bonds is 2. The first-order valence-electron chi connectivity index (χ1n) is 4.88. The average Bonchev–Trinajstić information content (AvgIpc) is 2.77. The van der Waals surface area contributed by atoms with E-state index >= 15 is 0 Å². The van der Waals surface area contributed by atoms with Crippen LogP contribution in [0.3, 0.4) is 0 Å². The van der Waals surface area contributed by atoms with Crippen molar-refractivity contribution >= 4 is 18.4 Å². The molecule has 0 radical (unpaired) electrons. The molecule has 0 saturated carbocycles. The summed E-state index contributed by atoms with van der Waals surface area (Å²) in [5.41, 5.74) is -0.383. The van der Waals surface area contributed by atoms with Crippen molar-refractivity contribution in [3.8, 4) is 11.3 Å². The molecule has 102 valence electrons. The van der Waals surface area contributed by atoms with Gasteiger partial charge in [-0.05, 0) is 24.3 Å². The van der Waals surface area contributed by atoms with Crippen molar-refractivity contribution in [3.05, 3.63) is 47.7 Å². The number of hydrogen-bond donors (Lipinski definition) is 1. The van der Waals surface area contributed by atoms with Gasteiger partial charge in [0.15, 0.2) is 0 Å². The molecule has 1 aromatic carbocycles. The fraction of sp³-hybridized carbons (Fsp3) is 0.0833. The first-order valence-corrected chi connectivity index (χ1v) is 4.88. The molecule has 0 unspecified atom stereocenters. The molecule has 7 heteroatoms. The van der Waals surface area contributed by atoms with Gasteiger partial charge in [0, 0.05) is 5.56 Å². The van der Waals surface area contributed by atoms with Crippen molar-refractivity contribution in [1.82, 2.24) is 0 Å². The number of halogens is 4. The van der Waals surface area contributed by atoms with Gasteiger partial charge in [0.05, 0.1) is 5.56 Å². The summed E-state index contributed by atoms with van der Waals surface area (Å²) in [6.07, 6.45) is -4.39. The third-order valence-corrected chi connectivity index (χ3v) is 2.31. The van der Waals surface area contributed by atoms with Crippen LogP contribution in [0.1, 0.15) is 16.1 Å². The van der Waals surface area contributed by atoms with Gasteiger partial charge in [-0.3, -0.25) is 0 Å². The van der Waals surface area contributed by atoms with Gasteiger partial charge in [-0.2, -0.15) is 13.2 Å². The van der Waals surface area contributed by atoms with E-state index in [1.807, 2.05) is 0 Å². The zero-order valence-electron chi connectivity index (χ0n) is 9.27. The number of alkyl halides is 3. The zero-order valence-corrected chi connectivity index (χ0v) is 10.1. The van der Waals surface area contributed by atoms with Crippen LogP contribution in [0, 0.1) is 0 Å². The largest absolute Gasteiger partial charge is 0.475 e. The second-order valence-corrected chi connectivity index (χ2v) is 3.54. The van der Waals surface area contributed by atoms with Crippen LogP contribution in [0.4, 0.5) is 13.2 Å². The summed E-state index contributed by atoms with van der Waals surface area (Å²) < 4.78 is 42.0. The number of aromatic carboxylic acids is 1. The standard InChI is InChI=1S/C12H7F3O3.ClH/c13-12(14,15)8-3-1-7(2-4-8)9-5-6-10(18-9)11(16)17;/h1-6H,(H,16,17);1H. The summed E-state index contributed by atoms with van der Waals surface area (Å²) in [5.74, 6) is -1.28. The fourth-order valence-electron chi connectivity index (χ4n) is 1.43. The lowest BCUT2D eigenvalue weighted by Gasteiger charge is -2.06. The summed E-state index contributed by atoms with van der Waals surface area (Å²) in [6, 6.07) is 6.93. The predicted octanol–water partition coefficient (Wildman–Crippen LogP) is 4.09. The molecule has 0 fully saturated rings. The minimum atomic E-state index is -4.39. The highest BCUT2D eigenvalue weighted by molar-refractivity contribution is 5.85. The highest BCUT2D eigenvalue weighted by atomic mass is 35.5. The third kappa shape index (κ3) is 3.29. The SMILES string of the molecule is Cl.O=C(O)c1ccc(-c2ccc(C(F)(F)F)cc2)o1. The predicted molar refractivity (Wildman–Crippen MR) is 63.4 cm³/mol. The Morgan fingerprint density at radius 3 is 2.05 bits per heavy atom. The van der Waals surface area contributed by atoms with Crippen molar-refractivity contribution < 1.29 is 27.5 Å². The molecular weight excluding hydrogens is 285 g/mol. The summed E-state index contributed by atoms with van der Waals surface area (Å²) in [7, 11) is 0. The Morgan fingerprint density at radius 1 is 1.05 bits per heavy atom. The number of hydrogen-bond acceptors (Lipinski definition) is 2. The monoisotopic (exact) mass is 292 g/mol. The van der Waals surface area contributed by atoms with Gasteiger partial charge in [-0.15, -0.1) is 12.4 Å². The van der Waals surface area contributed by atoms with E-state index in [2.05, 4.69) is 0 Å². The Hall–Kier alpha value is -1.95. The van der Waals surface area contributed by atoms with Gasteiger partial charge >= 0.3 is 12.1 Å². The minimum absolute atomic E-state index is 0. The average molecular weight is 293 g/mol. The number of carbonyl (C=O) groups is 1. The van der Waals surface area contributed by atoms with Crippen LogP contribution >= 0.6 is 12.4 Å². The smallest absolute Gasteiger partial charge is 0.416 e. The van der Waals surface area contributed by atoms with Crippen LogP contribution in [0.25, 0.3) is 11.3 Å². The molecule has 0 amide bonds. The molecule has 0 saturated heterocycles. The van der Waals surface area contributed by atoms with Crippen molar-refractivity contribution in [2.75, 3.05) is 0 Å². The quantitative estimate of drug-likeness (QED) is 0.907. The lowest BCUT2D eigenvalue weighted by molar-refractivity contribution is -0.137. The summed E-state index contributed by atoms with van der Waals surface area (Å²) >= 11 is 0. The van der Waals surface area contributed by atoms with E-state index in [-0.39, 0.29) is 23.9 Å². The topological polar surface area (TPSA) is 50.4 Å². The normalized spacial score (nSPS) is 10.9. The Bertz CT molecular complexity index is 573. The third-order valence-electron chi connectivity index (χ3n) is 2.31. The van der Waals surface area contributed by atoms with Crippen LogP contribution in [-0.2, 0) is 6.18 Å². The Kier molecular flexibility index (Phi) is 4.26. The van der Waals surface area contributed by atoms with Crippen molar-refractivity contribution in [3.63, 3.8) is 0 Å². The van der Waals surface area contributed by atoms with E-state index in [0.717, 1.165) is 12.1 Å². The van der Waals surface area contributed by atoms with Gasteiger partial charge in [-0.1, -0.05) is 12.1 Å². The van der Waals surface area contributed by atoms with E-state index in [1.54, 1.807) is 0 Å². The highest BCUT2D eigenvalue weighted by Gasteiger charge is 2.30. The second kappa shape index (κ2) is 5.36. The number of carboxylic acid groups (broad SMARTS) is 1. The molecular formula is C12H8ClF3O3. The number of furan rings is 1. The Balaban J connectivity index is 0.00000180. The van der Waals surface area contributed by atoms with Crippen molar-refractivity contribution in [2.24, 2.45) is 0 Å². The van der Waals surface area contributed by atoms with Gasteiger partial charge in [0.1, 0.15) is 5.76 Å². The molecule has 2 aromatic rings. The van der Waals surface area contributed by atoms with Crippen LogP contribution in [0.2, 0.25) is 0 Å². The molecule has 3 nitrogen and oxygen atoms in total. The molecule has 1 aromatic heterocycles. The lowest BCUT2D eigenvalue weighted by atomic mass is 10.1. The van der Waals surface area contributed by atoms with Crippen molar-refractivity contribution in [1.29, 1.82) is 0 Å². The van der Waals surface area contributed by atoms with E-state index in [0.29, 0.717) is 5.56 Å². The van der Waals surface area contributed by atoms with Crippen LogP contribution in [0.15, 0.2) is 40.8 Å². The molecule has 1 heterocycles. The molecule has 0 atom stereocenters. The number of benzene rings is 1. The molecule has 0 spiro atoms. The molecule has 0 aliphatic heterocycles. The zero-order chi connectivity index (χ0) is 13.3. The second-order valence-electron chi connectivity index (χ2n) is 3.54. The van der Waals surface area contributed by atoms with E-state index in [4.69, 9.17) is 9.52 Å².